The van der Waals surface area contributed by atoms with Crippen LogP contribution in [0.4, 0.5) is 0 Å². The van der Waals surface area contributed by atoms with Gasteiger partial charge < -0.3 is 4.74 Å². The Morgan fingerprint density at radius 2 is 2.29 bits per heavy atom. The summed E-state index contributed by atoms with van der Waals surface area (Å²) in [5.41, 5.74) is 0. The monoisotopic (exact) mass is 198 g/mol. The zero-order valence-electron chi connectivity index (χ0n) is 8.61. The molecule has 0 saturated carbocycles. The Morgan fingerprint density at radius 3 is 2.71 bits per heavy atom. The van der Waals surface area contributed by atoms with Gasteiger partial charge in [0.25, 0.3) is 6.47 Å². The van der Waals surface area contributed by atoms with Gasteiger partial charge >= 0.3 is 0 Å². The van der Waals surface area contributed by atoms with Crippen molar-refractivity contribution in [2.45, 2.75) is 32.6 Å². The SMILES string of the molecule is CCCCCCOC=O.c1cn[nH]c1. The third-order valence-corrected chi connectivity index (χ3v) is 1.59. The van der Waals surface area contributed by atoms with Crippen molar-refractivity contribution in [3.05, 3.63) is 18.5 Å². The van der Waals surface area contributed by atoms with Gasteiger partial charge in [0.1, 0.15) is 0 Å². The highest BCUT2D eigenvalue weighted by Gasteiger charge is 1.85. The summed E-state index contributed by atoms with van der Waals surface area (Å²) in [6.07, 6.45) is 8.10. The quantitative estimate of drug-likeness (QED) is 0.563. The average molecular weight is 198 g/mol. The fraction of sp³-hybridized carbons (Fsp3) is 0.600. The molecule has 0 spiro atoms. The van der Waals surface area contributed by atoms with Gasteiger partial charge in [-0.15, -0.1) is 0 Å². The normalized spacial score (nSPS) is 8.64. The highest BCUT2D eigenvalue weighted by Crippen LogP contribution is 1.97. The van der Waals surface area contributed by atoms with Crippen LogP contribution in [0, 0.1) is 0 Å². The van der Waals surface area contributed by atoms with Crippen molar-refractivity contribution in [3.8, 4) is 0 Å². The number of aromatic nitrogens is 2. The predicted octanol–water partition coefficient (Wildman–Crippen LogP) is 2.15. The number of ether oxygens (including phenoxy) is 1. The lowest BCUT2D eigenvalue weighted by Gasteiger charge is -1.95. The summed E-state index contributed by atoms with van der Waals surface area (Å²) in [4.78, 5) is 9.62. The molecule has 4 heteroatoms. The third kappa shape index (κ3) is 10.7. The number of nitrogens with one attached hydrogen (secondary N) is 1. The second kappa shape index (κ2) is 11.7. The summed E-state index contributed by atoms with van der Waals surface area (Å²) >= 11 is 0. The first kappa shape index (κ1) is 12.7. The van der Waals surface area contributed by atoms with Crippen molar-refractivity contribution in [1.29, 1.82) is 0 Å². The van der Waals surface area contributed by atoms with Crippen LogP contribution in [0.1, 0.15) is 32.6 Å². The van der Waals surface area contributed by atoms with E-state index in [1.807, 2.05) is 6.07 Å². The van der Waals surface area contributed by atoms with Crippen LogP contribution in [0.15, 0.2) is 18.5 Å². The van der Waals surface area contributed by atoms with Crippen molar-refractivity contribution in [1.82, 2.24) is 10.2 Å². The molecule has 1 heterocycles. The Hall–Kier alpha value is -1.32. The molecule has 0 aliphatic carbocycles. The zero-order valence-corrected chi connectivity index (χ0v) is 8.61. The molecule has 1 rings (SSSR count). The Morgan fingerprint density at radius 1 is 1.43 bits per heavy atom. The number of hydrogen-bond donors (Lipinski definition) is 1. The lowest BCUT2D eigenvalue weighted by atomic mass is 10.2. The molecule has 1 aromatic rings. The maximum absolute atomic E-state index is 9.62. The van der Waals surface area contributed by atoms with Gasteiger partial charge in [0.15, 0.2) is 0 Å². The van der Waals surface area contributed by atoms with E-state index in [2.05, 4.69) is 21.9 Å². The maximum atomic E-state index is 9.62. The van der Waals surface area contributed by atoms with Gasteiger partial charge in [-0.05, 0) is 12.5 Å². The van der Waals surface area contributed by atoms with Crippen molar-refractivity contribution < 1.29 is 9.53 Å². The molecule has 0 amide bonds. The summed E-state index contributed by atoms with van der Waals surface area (Å²) in [5.74, 6) is 0. The molecule has 0 radical (unpaired) electrons. The molecule has 0 atom stereocenters. The second-order valence-electron chi connectivity index (χ2n) is 2.79. The molecule has 0 aliphatic rings. The summed E-state index contributed by atoms with van der Waals surface area (Å²) < 4.78 is 4.50. The predicted molar refractivity (Wildman–Crippen MR) is 54.7 cm³/mol. The summed E-state index contributed by atoms with van der Waals surface area (Å²) in [7, 11) is 0. The van der Waals surface area contributed by atoms with Gasteiger partial charge in [-0.3, -0.25) is 9.89 Å². The second-order valence-corrected chi connectivity index (χ2v) is 2.79. The van der Waals surface area contributed by atoms with Crippen LogP contribution in [0.3, 0.4) is 0 Å². The van der Waals surface area contributed by atoms with E-state index in [0.717, 1.165) is 6.42 Å². The van der Waals surface area contributed by atoms with Gasteiger partial charge in [0.2, 0.25) is 0 Å². The molecule has 14 heavy (non-hydrogen) atoms. The maximum Gasteiger partial charge on any atom is 0.293 e. The van der Waals surface area contributed by atoms with Crippen molar-refractivity contribution >= 4 is 6.47 Å². The molecule has 1 N–H and O–H groups in total. The number of rotatable bonds is 6. The van der Waals surface area contributed by atoms with E-state index in [-0.39, 0.29) is 0 Å². The number of aromatic amines is 1. The van der Waals surface area contributed by atoms with Gasteiger partial charge in [0.05, 0.1) is 6.61 Å². The van der Waals surface area contributed by atoms with Crippen molar-refractivity contribution in [2.24, 2.45) is 0 Å². The zero-order chi connectivity index (χ0) is 10.5. The van der Waals surface area contributed by atoms with Crippen LogP contribution in [0.25, 0.3) is 0 Å². The highest BCUT2D eigenvalue weighted by molar-refractivity contribution is 5.36. The van der Waals surface area contributed by atoms with Crippen molar-refractivity contribution in [3.63, 3.8) is 0 Å². The van der Waals surface area contributed by atoms with E-state index >= 15 is 0 Å². The first-order valence-electron chi connectivity index (χ1n) is 4.90. The number of hydrogen-bond acceptors (Lipinski definition) is 3. The smallest absolute Gasteiger partial charge is 0.293 e. The van der Waals surface area contributed by atoms with Crippen LogP contribution in [-0.2, 0) is 9.53 Å². The van der Waals surface area contributed by atoms with Crippen LogP contribution in [-0.4, -0.2) is 23.3 Å². The summed E-state index contributed by atoms with van der Waals surface area (Å²) in [5, 5.41) is 6.21. The van der Waals surface area contributed by atoms with E-state index in [1.165, 1.54) is 19.3 Å². The average Bonchev–Trinajstić information content (AvgIpc) is 2.76. The number of nitrogens with zero attached hydrogens (tertiary/aromatic N) is 1. The molecule has 4 nitrogen and oxygen atoms in total. The number of H-pyrrole nitrogens is 1. The number of carbonyl (C=O) groups is 1. The fourth-order valence-electron chi connectivity index (χ4n) is 0.875. The standard InChI is InChI=1S/C7H14O2.C3H4N2/c1-2-3-4-5-6-9-7-8;1-2-4-5-3-1/h7H,2-6H2,1H3;1-3H,(H,4,5). The van der Waals surface area contributed by atoms with E-state index < -0.39 is 0 Å². The van der Waals surface area contributed by atoms with Crippen molar-refractivity contribution in [2.75, 3.05) is 6.61 Å². The first-order valence-corrected chi connectivity index (χ1v) is 4.90. The van der Waals surface area contributed by atoms with Gasteiger partial charge in [-0.2, -0.15) is 5.10 Å². The minimum atomic E-state index is 0.506. The summed E-state index contributed by atoms with van der Waals surface area (Å²) in [6.45, 7) is 3.25. The molecule has 0 saturated heterocycles. The lowest BCUT2D eigenvalue weighted by molar-refractivity contribution is -0.128. The Labute approximate surface area is 84.7 Å². The molecule has 0 aromatic carbocycles. The molecular formula is C10H18N2O2. The lowest BCUT2D eigenvalue weighted by Crippen LogP contribution is -1.90. The van der Waals surface area contributed by atoms with E-state index in [1.54, 1.807) is 12.4 Å². The minimum Gasteiger partial charge on any atom is -0.468 e. The van der Waals surface area contributed by atoms with Crippen LogP contribution >= 0.6 is 0 Å². The van der Waals surface area contributed by atoms with Crippen LogP contribution in [0.5, 0.6) is 0 Å². The Balaban J connectivity index is 0.000000280. The first-order chi connectivity index (χ1) is 6.91. The fourth-order valence-corrected chi connectivity index (χ4v) is 0.875. The molecular weight excluding hydrogens is 180 g/mol. The Kier molecular flexibility index (Phi) is 10.6. The summed E-state index contributed by atoms with van der Waals surface area (Å²) in [6, 6.07) is 1.83. The van der Waals surface area contributed by atoms with Crippen LogP contribution in [0.2, 0.25) is 0 Å². The Bertz CT molecular complexity index is 171. The minimum absolute atomic E-state index is 0.506. The van der Waals surface area contributed by atoms with E-state index in [4.69, 9.17) is 0 Å². The van der Waals surface area contributed by atoms with E-state index in [9.17, 15) is 4.79 Å². The third-order valence-electron chi connectivity index (χ3n) is 1.59. The van der Waals surface area contributed by atoms with E-state index in [0.29, 0.717) is 13.1 Å². The van der Waals surface area contributed by atoms with Gasteiger partial charge in [-0.25, -0.2) is 0 Å². The van der Waals surface area contributed by atoms with Crippen LogP contribution < -0.4 is 0 Å². The topological polar surface area (TPSA) is 55.0 Å². The molecule has 80 valence electrons. The number of unbranched alkanes of at least 4 members (excludes halogenated alkanes) is 3. The number of carbonyl (C=O) groups excluding carboxylic acids is 1. The largest absolute Gasteiger partial charge is 0.468 e. The molecule has 1 aromatic heterocycles. The molecule has 0 fully saturated rings. The highest BCUT2D eigenvalue weighted by atomic mass is 16.5. The molecule has 0 aliphatic heterocycles. The van der Waals surface area contributed by atoms with Gasteiger partial charge in [-0.1, -0.05) is 26.2 Å². The van der Waals surface area contributed by atoms with Gasteiger partial charge in [0, 0.05) is 12.4 Å². The molecule has 0 unspecified atom stereocenters. The molecule has 0 bridgehead atoms.